The van der Waals surface area contributed by atoms with Crippen LogP contribution in [0.4, 0.5) is 0 Å². The smallest absolute Gasteiger partial charge is 0.339 e. The van der Waals surface area contributed by atoms with Crippen molar-refractivity contribution in [2.45, 2.75) is 44.2 Å². The zero-order chi connectivity index (χ0) is 24.5. The van der Waals surface area contributed by atoms with Crippen LogP contribution in [0.25, 0.3) is 10.9 Å². The van der Waals surface area contributed by atoms with Crippen molar-refractivity contribution in [2.24, 2.45) is 0 Å². The molecule has 1 aliphatic heterocycles. The van der Waals surface area contributed by atoms with Crippen LogP contribution in [0.3, 0.4) is 0 Å². The van der Waals surface area contributed by atoms with Gasteiger partial charge in [0.25, 0.3) is 5.56 Å². The number of benzene rings is 2. The first-order valence-corrected chi connectivity index (χ1v) is 12.6. The molecule has 0 bridgehead atoms. The van der Waals surface area contributed by atoms with Crippen molar-refractivity contribution in [3.8, 4) is 0 Å². The van der Waals surface area contributed by atoms with Crippen molar-refractivity contribution >= 4 is 26.9 Å². The van der Waals surface area contributed by atoms with Crippen molar-refractivity contribution in [1.82, 2.24) is 9.29 Å². The number of carbonyl (C=O) groups is 1. The molecule has 1 atom stereocenters. The number of hydrogen-bond donors (Lipinski definition) is 1. The van der Waals surface area contributed by atoms with Gasteiger partial charge in [-0.3, -0.25) is 4.79 Å². The fourth-order valence-electron chi connectivity index (χ4n) is 4.40. The van der Waals surface area contributed by atoms with Crippen LogP contribution in [0, 0.1) is 13.8 Å². The predicted octanol–water partition coefficient (Wildman–Crippen LogP) is 3.30. The normalized spacial score (nSPS) is 16.3. The van der Waals surface area contributed by atoms with Crippen LogP contribution in [0.5, 0.6) is 0 Å². The fourth-order valence-corrected chi connectivity index (χ4v) is 6.03. The van der Waals surface area contributed by atoms with E-state index in [0.29, 0.717) is 17.7 Å². The second-order valence-corrected chi connectivity index (χ2v) is 10.5. The van der Waals surface area contributed by atoms with E-state index in [-0.39, 0.29) is 35.2 Å². The summed E-state index contributed by atoms with van der Waals surface area (Å²) in [5, 5.41) is 0.852. The van der Waals surface area contributed by atoms with Gasteiger partial charge in [0.05, 0.1) is 23.7 Å². The molecule has 1 aromatic heterocycles. The molecule has 34 heavy (non-hydrogen) atoms. The van der Waals surface area contributed by atoms with E-state index < -0.39 is 16.0 Å². The van der Waals surface area contributed by atoms with Gasteiger partial charge in [-0.1, -0.05) is 18.2 Å². The molecule has 180 valence electrons. The van der Waals surface area contributed by atoms with Gasteiger partial charge in [-0.05, 0) is 62.1 Å². The highest BCUT2D eigenvalue weighted by Crippen LogP contribution is 2.26. The summed E-state index contributed by atoms with van der Waals surface area (Å²) in [6.45, 7) is 4.38. The topological polar surface area (TPSA) is 106 Å². The summed E-state index contributed by atoms with van der Waals surface area (Å²) in [5.74, 6) is -0.745. The molecule has 0 saturated carbocycles. The Bertz CT molecular complexity index is 1390. The maximum Gasteiger partial charge on any atom is 0.339 e. The largest absolute Gasteiger partial charge is 0.465 e. The Hall–Kier alpha value is -3.01. The minimum atomic E-state index is -4.16. The number of aromatic amines is 1. The molecule has 8 nitrogen and oxygen atoms in total. The van der Waals surface area contributed by atoms with Crippen LogP contribution in [-0.4, -0.2) is 50.0 Å². The first kappa shape index (κ1) is 24.1. The molecule has 1 fully saturated rings. The van der Waals surface area contributed by atoms with Crippen molar-refractivity contribution in [1.29, 1.82) is 0 Å². The van der Waals surface area contributed by atoms with Gasteiger partial charge in [-0.15, -0.1) is 0 Å². The summed E-state index contributed by atoms with van der Waals surface area (Å²) in [7, 11) is -2.96. The van der Waals surface area contributed by atoms with Crippen LogP contribution < -0.4 is 5.56 Å². The third kappa shape index (κ3) is 4.77. The summed E-state index contributed by atoms with van der Waals surface area (Å²) in [5.41, 5.74) is 2.62. The van der Waals surface area contributed by atoms with E-state index in [1.807, 2.05) is 26.0 Å². The monoisotopic (exact) mass is 484 g/mol. The summed E-state index contributed by atoms with van der Waals surface area (Å²) < 4.78 is 39.3. The number of carbonyl (C=O) groups excluding carboxylic acids is 1. The predicted molar refractivity (Wildman–Crippen MR) is 128 cm³/mol. The van der Waals surface area contributed by atoms with Crippen molar-refractivity contribution in [3.05, 3.63) is 75.1 Å². The molecule has 3 aromatic rings. The second kappa shape index (κ2) is 9.69. The number of pyridine rings is 1. The lowest BCUT2D eigenvalue weighted by Crippen LogP contribution is -2.39. The lowest BCUT2D eigenvalue weighted by atomic mass is 10.0. The first-order valence-electron chi connectivity index (χ1n) is 11.1. The third-order valence-electron chi connectivity index (χ3n) is 6.08. The molecular weight excluding hydrogens is 456 g/mol. The maximum atomic E-state index is 13.8. The molecule has 1 N–H and O–H groups in total. The Labute approximate surface area is 198 Å². The highest BCUT2D eigenvalue weighted by molar-refractivity contribution is 7.89. The molecule has 2 heterocycles. The zero-order valence-corrected chi connectivity index (χ0v) is 20.3. The Balaban J connectivity index is 1.79. The Morgan fingerprint density at radius 1 is 1.21 bits per heavy atom. The van der Waals surface area contributed by atoms with Crippen LogP contribution >= 0.6 is 0 Å². The molecule has 0 radical (unpaired) electrons. The van der Waals surface area contributed by atoms with Gasteiger partial charge in [0.1, 0.15) is 0 Å². The van der Waals surface area contributed by atoms with Crippen LogP contribution in [0.2, 0.25) is 0 Å². The molecule has 0 aliphatic carbocycles. The van der Waals surface area contributed by atoms with E-state index in [9.17, 15) is 18.0 Å². The number of H-pyrrole nitrogens is 1. The average molecular weight is 485 g/mol. The number of methoxy groups -OCH3 is 1. The van der Waals surface area contributed by atoms with E-state index in [4.69, 9.17) is 9.47 Å². The van der Waals surface area contributed by atoms with Crippen molar-refractivity contribution in [3.63, 3.8) is 0 Å². The third-order valence-corrected chi connectivity index (χ3v) is 7.95. The van der Waals surface area contributed by atoms with Crippen LogP contribution in [0.1, 0.15) is 39.9 Å². The Kier molecular flexibility index (Phi) is 6.88. The van der Waals surface area contributed by atoms with E-state index in [2.05, 4.69) is 4.98 Å². The van der Waals surface area contributed by atoms with Crippen molar-refractivity contribution < 1.29 is 22.7 Å². The van der Waals surface area contributed by atoms with E-state index in [1.165, 1.54) is 23.5 Å². The molecule has 9 heteroatoms. The number of ether oxygens (including phenoxy) is 2. The number of hydrogen-bond acceptors (Lipinski definition) is 6. The lowest BCUT2D eigenvalue weighted by Gasteiger charge is -2.25. The maximum absolute atomic E-state index is 13.8. The van der Waals surface area contributed by atoms with Gasteiger partial charge in [0, 0.05) is 36.2 Å². The van der Waals surface area contributed by atoms with Gasteiger partial charge in [-0.2, -0.15) is 4.31 Å². The SMILES string of the molecule is COC(=O)c1ccccc1S(=O)(=O)N(Cc1cc2c(C)cc(C)cc2[nH]c1=O)C[C@@H]1CCCO1. The summed E-state index contributed by atoms with van der Waals surface area (Å²) >= 11 is 0. The van der Waals surface area contributed by atoms with Gasteiger partial charge >= 0.3 is 5.97 Å². The van der Waals surface area contributed by atoms with Gasteiger partial charge < -0.3 is 14.5 Å². The Morgan fingerprint density at radius 2 is 1.97 bits per heavy atom. The number of fused-ring (bicyclic) bond motifs is 1. The number of aryl methyl sites for hydroxylation is 2. The fraction of sp³-hybridized carbons (Fsp3) is 0.360. The second-order valence-electron chi connectivity index (χ2n) is 8.59. The average Bonchev–Trinajstić information content (AvgIpc) is 3.32. The highest BCUT2D eigenvalue weighted by atomic mass is 32.2. The van der Waals surface area contributed by atoms with Crippen LogP contribution in [-0.2, 0) is 26.0 Å². The summed E-state index contributed by atoms with van der Waals surface area (Å²) in [4.78, 5) is 27.9. The van der Waals surface area contributed by atoms with Crippen LogP contribution in [0.15, 0.2) is 52.2 Å². The van der Waals surface area contributed by atoms with E-state index in [1.54, 1.807) is 18.2 Å². The first-order chi connectivity index (χ1) is 16.2. The molecule has 0 spiro atoms. The number of rotatable bonds is 7. The van der Waals surface area contributed by atoms with Gasteiger partial charge in [0.2, 0.25) is 10.0 Å². The standard InChI is InChI=1S/C25H28N2O6S/c1-16-11-17(2)21-13-18(24(28)26-22(21)12-16)14-27(15-19-7-6-10-33-19)34(30,31)23-9-5-4-8-20(23)25(29)32-3/h4-5,8-9,11-13,19H,6-7,10,14-15H2,1-3H3,(H,26,28)/t19-/m0/s1. The minimum Gasteiger partial charge on any atom is -0.465 e. The number of aromatic nitrogens is 1. The number of nitrogens with zero attached hydrogens (tertiary/aromatic N) is 1. The summed E-state index contributed by atoms with van der Waals surface area (Å²) in [6.07, 6.45) is 1.27. The summed E-state index contributed by atoms with van der Waals surface area (Å²) in [6, 6.07) is 11.6. The number of sulfonamides is 1. The lowest BCUT2D eigenvalue weighted by molar-refractivity contribution is 0.0596. The highest BCUT2D eigenvalue weighted by Gasteiger charge is 2.33. The number of esters is 1. The molecule has 1 aliphatic rings. The quantitative estimate of drug-likeness (QED) is 0.516. The molecule has 0 unspecified atom stereocenters. The minimum absolute atomic E-state index is 0.0546. The Morgan fingerprint density at radius 3 is 2.68 bits per heavy atom. The number of nitrogens with one attached hydrogen (secondary N) is 1. The molecule has 4 rings (SSSR count). The molecular formula is C25H28N2O6S. The molecule has 0 amide bonds. The zero-order valence-electron chi connectivity index (χ0n) is 19.5. The molecule has 1 saturated heterocycles. The van der Waals surface area contributed by atoms with Gasteiger partial charge in [-0.25, -0.2) is 13.2 Å². The molecule has 2 aromatic carbocycles. The van der Waals surface area contributed by atoms with E-state index >= 15 is 0 Å². The van der Waals surface area contributed by atoms with Crippen molar-refractivity contribution in [2.75, 3.05) is 20.3 Å². The van der Waals surface area contributed by atoms with Gasteiger partial charge in [0.15, 0.2) is 0 Å². The van der Waals surface area contributed by atoms with E-state index in [0.717, 1.165) is 29.4 Å².